The summed E-state index contributed by atoms with van der Waals surface area (Å²) in [5, 5.41) is 3.47. The SMILES string of the molecule is Cc1cccn2cc(CC(=O)Nc3ccc(Cl)cc3)nc12. The first-order valence-electron chi connectivity index (χ1n) is 6.60. The van der Waals surface area contributed by atoms with Gasteiger partial charge in [0.25, 0.3) is 0 Å². The summed E-state index contributed by atoms with van der Waals surface area (Å²) < 4.78 is 1.93. The van der Waals surface area contributed by atoms with Crippen molar-refractivity contribution >= 4 is 28.8 Å². The Morgan fingerprint density at radius 1 is 1.29 bits per heavy atom. The summed E-state index contributed by atoms with van der Waals surface area (Å²) in [6.07, 6.45) is 4.05. The third-order valence-corrected chi connectivity index (χ3v) is 3.45. The summed E-state index contributed by atoms with van der Waals surface area (Å²) in [6, 6.07) is 11.0. The molecule has 4 nitrogen and oxygen atoms in total. The fourth-order valence-electron chi connectivity index (χ4n) is 2.19. The Morgan fingerprint density at radius 3 is 2.76 bits per heavy atom. The number of imidazole rings is 1. The van der Waals surface area contributed by atoms with Crippen LogP contribution in [0.3, 0.4) is 0 Å². The van der Waals surface area contributed by atoms with Gasteiger partial charge in [-0.25, -0.2) is 4.98 Å². The van der Waals surface area contributed by atoms with E-state index in [0.29, 0.717) is 5.02 Å². The van der Waals surface area contributed by atoms with Gasteiger partial charge in [0, 0.05) is 23.1 Å². The van der Waals surface area contributed by atoms with Crippen LogP contribution in [0.1, 0.15) is 11.3 Å². The highest BCUT2D eigenvalue weighted by Gasteiger charge is 2.09. The number of halogens is 1. The summed E-state index contributed by atoms with van der Waals surface area (Å²) in [7, 11) is 0. The molecular weight excluding hydrogens is 286 g/mol. The van der Waals surface area contributed by atoms with Crippen molar-refractivity contribution in [3.63, 3.8) is 0 Å². The van der Waals surface area contributed by atoms with Crippen LogP contribution in [0.5, 0.6) is 0 Å². The molecule has 0 saturated heterocycles. The largest absolute Gasteiger partial charge is 0.326 e. The van der Waals surface area contributed by atoms with E-state index in [4.69, 9.17) is 11.6 Å². The van der Waals surface area contributed by atoms with E-state index >= 15 is 0 Å². The van der Waals surface area contributed by atoms with Gasteiger partial charge >= 0.3 is 0 Å². The molecule has 0 unspecified atom stereocenters. The molecule has 1 amide bonds. The number of aryl methyl sites for hydroxylation is 1. The van der Waals surface area contributed by atoms with E-state index in [1.54, 1.807) is 24.3 Å². The second-order valence-corrected chi connectivity index (χ2v) is 5.32. The van der Waals surface area contributed by atoms with Crippen molar-refractivity contribution in [1.29, 1.82) is 0 Å². The molecule has 106 valence electrons. The molecule has 2 aromatic heterocycles. The minimum absolute atomic E-state index is 0.0987. The number of fused-ring (bicyclic) bond motifs is 1. The molecule has 0 bridgehead atoms. The number of carbonyl (C=O) groups is 1. The lowest BCUT2D eigenvalue weighted by molar-refractivity contribution is -0.115. The summed E-state index contributed by atoms with van der Waals surface area (Å²) in [6.45, 7) is 2.00. The number of rotatable bonds is 3. The lowest BCUT2D eigenvalue weighted by atomic mass is 10.3. The summed E-state index contributed by atoms with van der Waals surface area (Å²) >= 11 is 5.81. The molecule has 1 N–H and O–H groups in total. The average Bonchev–Trinajstić information content (AvgIpc) is 2.85. The smallest absolute Gasteiger partial charge is 0.230 e. The third-order valence-electron chi connectivity index (χ3n) is 3.20. The molecule has 0 atom stereocenters. The van der Waals surface area contributed by atoms with E-state index in [9.17, 15) is 4.79 Å². The van der Waals surface area contributed by atoms with Gasteiger partial charge in [0.2, 0.25) is 5.91 Å². The standard InChI is InChI=1S/C16H14ClN3O/c1-11-3-2-8-20-10-14(19-16(11)20)9-15(21)18-13-6-4-12(17)5-7-13/h2-8,10H,9H2,1H3,(H,18,21). The molecule has 1 aromatic carbocycles. The van der Waals surface area contributed by atoms with Crippen LogP contribution in [0.4, 0.5) is 5.69 Å². The molecule has 0 aliphatic carbocycles. The lowest BCUT2D eigenvalue weighted by Crippen LogP contribution is -2.14. The predicted molar refractivity (Wildman–Crippen MR) is 83.7 cm³/mol. The maximum Gasteiger partial charge on any atom is 0.230 e. The number of carbonyl (C=O) groups excluding carboxylic acids is 1. The highest BCUT2D eigenvalue weighted by atomic mass is 35.5. The van der Waals surface area contributed by atoms with Crippen molar-refractivity contribution in [1.82, 2.24) is 9.38 Å². The van der Waals surface area contributed by atoms with Crippen molar-refractivity contribution in [3.8, 4) is 0 Å². The highest BCUT2D eigenvalue weighted by Crippen LogP contribution is 2.14. The van der Waals surface area contributed by atoms with Crippen molar-refractivity contribution in [2.45, 2.75) is 13.3 Å². The van der Waals surface area contributed by atoms with Gasteiger partial charge < -0.3 is 9.72 Å². The van der Waals surface area contributed by atoms with Gasteiger partial charge in [-0.05, 0) is 42.8 Å². The van der Waals surface area contributed by atoms with Crippen LogP contribution in [-0.4, -0.2) is 15.3 Å². The van der Waals surface area contributed by atoms with Crippen LogP contribution >= 0.6 is 11.6 Å². The van der Waals surface area contributed by atoms with Gasteiger partial charge in [-0.15, -0.1) is 0 Å². The molecule has 3 aromatic rings. The Hall–Kier alpha value is -2.33. The normalized spacial score (nSPS) is 10.8. The third kappa shape index (κ3) is 3.06. The first-order chi connectivity index (χ1) is 10.1. The number of nitrogens with one attached hydrogen (secondary N) is 1. The zero-order valence-electron chi connectivity index (χ0n) is 11.5. The van der Waals surface area contributed by atoms with E-state index < -0.39 is 0 Å². The van der Waals surface area contributed by atoms with Crippen LogP contribution in [0.2, 0.25) is 5.02 Å². The number of nitrogens with zero attached hydrogens (tertiary/aromatic N) is 2. The summed E-state index contributed by atoms with van der Waals surface area (Å²) in [4.78, 5) is 16.5. The summed E-state index contributed by atoms with van der Waals surface area (Å²) in [5.74, 6) is -0.0987. The highest BCUT2D eigenvalue weighted by molar-refractivity contribution is 6.30. The summed E-state index contributed by atoms with van der Waals surface area (Å²) in [5.41, 5.74) is 3.44. The molecule has 0 aliphatic heterocycles. The number of hydrogen-bond acceptors (Lipinski definition) is 2. The number of pyridine rings is 1. The number of amides is 1. The van der Waals surface area contributed by atoms with Crippen molar-refractivity contribution in [3.05, 3.63) is 65.1 Å². The van der Waals surface area contributed by atoms with E-state index in [0.717, 1.165) is 22.6 Å². The van der Waals surface area contributed by atoms with Gasteiger partial charge in [-0.1, -0.05) is 17.7 Å². The van der Waals surface area contributed by atoms with Gasteiger partial charge in [0.15, 0.2) is 0 Å². The molecule has 3 rings (SSSR count). The van der Waals surface area contributed by atoms with Crippen LogP contribution in [-0.2, 0) is 11.2 Å². The number of hydrogen-bond donors (Lipinski definition) is 1. The maximum atomic E-state index is 12.0. The minimum Gasteiger partial charge on any atom is -0.326 e. The van der Waals surface area contributed by atoms with Gasteiger partial charge in [0.1, 0.15) is 5.65 Å². The number of anilines is 1. The molecular formula is C16H14ClN3O. The van der Waals surface area contributed by atoms with E-state index in [1.165, 1.54) is 0 Å². The fraction of sp³-hybridized carbons (Fsp3) is 0.125. The Labute approximate surface area is 127 Å². The first kappa shape index (κ1) is 13.6. The Bertz CT molecular complexity index is 793. The molecule has 21 heavy (non-hydrogen) atoms. The molecule has 0 radical (unpaired) electrons. The van der Waals surface area contributed by atoms with Crippen molar-refractivity contribution < 1.29 is 4.79 Å². The van der Waals surface area contributed by atoms with Crippen molar-refractivity contribution in [2.24, 2.45) is 0 Å². The topological polar surface area (TPSA) is 46.4 Å². The quantitative estimate of drug-likeness (QED) is 0.805. The average molecular weight is 300 g/mol. The van der Waals surface area contributed by atoms with Crippen LogP contribution in [0, 0.1) is 6.92 Å². The molecule has 0 fully saturated rings. The van der Waals surface area contributed by atoms with Crippen LogP contribution < -0.4 is 5.32 Å². The lowest BCUT2D eigenvalue weighted by Gasteiger charge is -2.03. The number of benzene rings is 1. The zero-order chi connectivity index (χ0) is 14.8. The Morgan fingerprint density at radius 2 is 2.05 bits per heavy atom. The van der Waals surface area contributed by atoms with Gasteiger partial charge in [0.05, 0.1) is 12.1 Å². The number of aromatic nitrogens is 2. The molecule has 0 aliphatic rings. The molecule has 2 heterocycles. The Balaban J connectivity index is 1.74. The zero-order valence-corrected chi connectivity index (χ0v) is 12.3. The molecule has 5 heteroatoms. The molecule has 0 spiro atoms. The van der Waals surface area contributed by atoms with Crippen LogP contribution in [0.25, 0.3) is 5.65 Å². The molecule has 0 saturated carbocycles. The maximum absolute atomic E-state index is 12.0. The van der Waals surface area contributed by atoms with Gasteiger partial charge in [-0.2, -0.15) is 0 Å². The minimum atomic E-state index is -0.0987. The van der Waals surface area contributed by atoms with E-state index in [1.807, 2.05) is 35.9 Å². The second-order valence-electron chi connectivity index (χ2n) is 4.89. The second kappa shape index (κ2) is 5.58. The van der Waals surface area contributed by atoms with E-state index in [2.05, 4.69) is 10.3 Å². The Kier molecular flexibility index (Phi) is 3.62. The van der Waals surface area contributed by atoms with Crippen LogP contribution in [0.15, 0.2) is 48.8 Å². The van der Waals surface area contributed by atoms with E-state index in [-0.39, 0.29) is 12.3 Å². The van der Waals surface area contributed by atoms with Crippen molar-refractivity contribution in [2.75, 3.05) is 5.32 Å². The first-order valence-corrected chi connectivity index (χ1v) is 6.98. The monoisotopic (exact) mass is 299 g/mol. The fourth-order valence-corrected chi connectivity index (χ4v) is 2.32. The van der Waals surface area contributed by atoms with Gasteiger partial charge in [-0.3, -0.25) is 4.79 Å². The predicted octanol–water partition coefficient (Wildman–Crippen LogP) is 3.48.